The molecule has 0 radical (unpaired) electrons. The van der Waals surface area contributed by atoms with E-state index in [9.17, 15) is 14.7 Å². The van der Waals surface area contributed by atoms with E-state index in [-0.39, 0.29) is 5.91 Å². The van der Waals surface area contributed by atoms with Gasteiger partial charge in [0.05, 0.1) is 24.1 Å². The molecule has 1 aliphatic rings. The van der Waals surface area contributed by atoms with Gasteiger partial charge < -0.3 is 5.11 Å². The molecule has 1 aromatic rings. The molecule has 1 fully saturated rings. The fourth-order valence-electron chi connectivity index (χ4n) is 2.01. The molecule has 1 aliphatic heterocycles. The highest BCUT2D eigenvalue weighted by molar-refractivity contribution is 5.93. The fourth-order valence-corrected chi connectivity index (χ4v) is 2.01. The molecule has 2 rings (SSSR count). The molecule has 0 aliphatic carbocycles. The summed E-state index contributed by atoms with van der Waals surface area (Å²) in [7, 11) is 0. The SMILES string of the molecule is CC(C)(Cc1ccccc1N1OCCC1=O)C(=O)O. The number of hydrogen-bond donors (Lipinski definition) is 1. The maximum Gasteiger partial charge on any atom is 0.309 e. The van der Waals surface area contributed by atoms with E-state index in [2.05, 4.69) is 0 Å². The average molecular weight is 263 g/mol. The highest BCUT2D eigenvalue weighted by atomic mass is 16.7. The third kappa shape index (κ3) is 2.76. The highest BCUT2D eigenvalue weighted by Crippen LogP contribution is 2.30. The summed E-state index contributed by atoms with van der Waals surface area (Å²) in [4.78, 5) is 28.2. The summed E-state index contributed by atoms with van der Waals surface area (Å²) < 4.78 is 0. The van der Waals surface area contributed by atoms with E-state index in [1.54, 1.807) is 19.9 Å². The standard InChI is InChI=1S/C14H17NO4/c1-14(2,13(17)18)9-10-5-3-4-6-11(10)15-12(16)7-8-19-15/h3-6H,7-9H2,1-2H3,(H,17,18). The number of amides is 1. The first kappa shape index (κ1) is 13.5. The molecule has 0 aromatic heterocycles. The molecule has 5 heteroatoms. The van der Waals surface area contributed by atoms with Crippen molar-refractivity contribution >= 4 is 17.6 Å². The first-order valence-corrected chi connectivity index (χ1v) is 6.19. The van der Waals surface area contributed by atoms with Gasteiger partial charge in [0.25, 0.3) is 5.91 Å². The number of carboxylic acid groups (broad SMARTS) is 1. The Hall–Kier alpha value is -1.88. The Balaban J connectivity index is 2.31. The zero-order valence-electron chi connectivity index (χ0n) is 11.0. The van der Waals surface area contributed by atoms with Crippen molar-refractivity contribution in [2.75, 3.05) is 11.7 Å². The Kier molecular flexibility index (Phi) is 3.57. The molecule has 0 atom stereocenters. The molecule has 1 N–H and O–H groups in total. The van der Waals surface area contributed by atoms with Crippen LogP contribution in [-0.2, 0) is 20.8 Å². The van der Waals surface area contributed by atoms with Gasteiger partial charge >= 0.3 is 5.97 Å². The summed E-state index contributed by atoms with van der Waals surface area (Å²) in [6, 6.07) is 7.24. The van der Waals surface area contributed by atoms with Crippen molar-refractivity contribution in [1.82, 2.24) is 0 Å². The number of rotatable bonds is 4. The number of para-hydroxylation sites is 1. The molecule has 1 aromatic carbocycles. The monoisotopic (exact) mass is 263 g/mol. The number of carbonyl (C=O) groups is 2. The van der Waals surface area contributed by atoms with Crippen LogP contribution < -0.4 is 5.06 Å². The summed E-state index contributed by atoms with van der Waals surface area (Å²) in [6.45, 7) is 3.70. The number of carbonyl (C=O) groups excluding carboxylic acids is 1. The largest absolute Gasteiger partial charge is 0.481 e. The topological polar surface area (TPSA) is 66.8 Å². The van der Waals surface area contributed by atoms with E-state index in [4.69, 9.17) is 4.84 Å². The minimum atomic E-state index is -0.890. The molecule has 0 bridgehead atoms. The molecule has 1 saturated heterocycles. The van der Waals surface area contributed by atoms with Gasteiger partial charge in [-0.05, 0) is 31.9 Å². The lowest BCUT2D eigenvalue weighted by Gasteiger charge is -2.23. The van der Waals surface area contributed by atoms with E-state index in [1.165, 1.54) is 5.06 Å². The second kappa shape index (κ2) is 5.01. The van der Waals surface area contributed by atoms with Crippen LogP contribution >= 0.6 is 0 Å². The molecule has 0 unspecified atom stereocenters. The van der Waals surface area contributed by atoms with Gasteiger partial charge in [0, 0.05) is 0 Å². The van der Waals surface area contributed by atoms with Gasteiger partial charge in [0.15, 0.2) is 0 Å². The van der Waals surface area contributed by atoms with E-state index in [0.29, 0.717) is 25.1 Å². The number of carboxylic acids is 1. The van der Waals surface area contributed by atoms with Crippen LogP contribution in [0.5, 0.6) is 0 Å². The lowest BCUT2D eigenvalue weighted by Crippen LogP contribution is -2.29. The van der Waals surface area contributed by atoms with Gasteiger partial charge in [-0.2, -0.15) is 5.06 Å². The molecule has 0 saturated carbocycles. The molecule has 1 amide bonds. The smallest absolute Gasteiger partial charge is 0.309 e. The number of hydrogen-bond acceptors (Lipinski definition) is 3. The molecule has 5 nitrogen and oxygen atoms in total. The van der Waals surface area contributed by atoms with E-state index in [0.717, 1.165) is 5.56 Å². The lowest BCUT2D eigenvalue weighted by molar-refractivity contribution is -0.146. The number of aliphatic carboxylic acids is 1. The summed E-state index contributed by atoms with van der Waals surface area (Å²) in [5, 5.41) is 10.5. The Morgan fingerprint density at radius 2 is 2.11 bits per heavy atom. The summed E-state index contributed by atoms with van der Waals surface area (Å²) in [5.74, 6) is -0.962. The van der Waals surface area contributed by atoms with Crippen LogP contribution in [0.4, 0.5) is 5.69 Å². The quantitative estimate of drug-likeness (QED) is 0.902. The Bertz CT molecular complexity index is 510. The predicted octanol–water partition coefficient (Wildman–Crippen LogP) is 2.01. The Morgan fingerprint density at radius 3 is 2.68 bits per heavy atom. The van der Waals surface area contributed by atoms with E-state index in [1.807, 2.05) is 18.2 Å². The average Bonchev–Trinajstić information content (AvgIpc) is 2.75. The molecular weight excluding hydrogens is 246 g/mol. The van der Waals surface area contributed by atoms with Crippen molar-refractivity contribution in [1.29, 1.82) is 0 Å². The summed E-state index contributed by atoms with van der Waals surface area (Å²) >= 11 is 0. The van der Waals surface area contributed by atoms with Crippen LogP contribution in [0.3, 0.4) is 0 Å². The number of anilines is 1. The normalized spacial score (nSPS) is 15.9. The van der Waals surface area contributed by atoms with Crippen molar-refractivity contribution in [2.45, 2.75) is 26.7 Å². The van der Waals surface area contributed by atoms with Gasteiger partial charge in [0.1, 0.15) is 0 Å². The van der Waals surface area contributed by atoms with Gasteiger partial charge in [-0.25, -0.2) is 0 Å². The minimum absolute atomic E-state index is 0.0967. The molecule has 0 spiro atoms. The van der Waals surface area contributed by atoms with Crippen molar-refractivity contribution in [3.05, 3.63) is 29.8 Å². The van der Waals surface area contributed by atoms with Crippen molar-refractivity contribution < 1.29 is 19.5 Å². The maximum absolute atomic E-state index is 11.7. The molecule has 19 heavy (non-hydrogen) atoms. The lowest BCUT2D eigenvalue weighted by atomic mass is 9.85. The van der Waals surface area contributed by atoms with Crippen LogP contribution in [0.15, 0.2) is 24.3 Å². The number of hydroxylamine groups is 1. The van der Waals surface area contributed by atoms with E-state index >= 15 is 0 Å². The van der Waals surface area contributed by atoms with Crippen LogP contribution in [0.1, 0.15) is 25.8 Å². The Morgan fingerprint density at radius 1 is 1.42 bits per heavy atom. The second-order valence-electron chi connectivity index (χ2n) is 5.27. The highest BCUT2D eigenvalue weighted by Gasteiger charge is 2.31. The fraction of sp³-hybridized carbons (Fsp3) is 0.429. The van der Waals surface area contributed by atoms with E-state index < -0.39 is 11.4 Å². The zero-order valence-corrected chi connectivity index (χ0v) is 11.0. The van der Waals surface area contributed by atoms with Crippen molar-refractivity contribution in [3.8, 4) is 0 Å². The van der Waals surface area contributed by atoms with Crippen LogP contribution in [0.2, 0.25) is 0 Å². The third-order valence-electron chi connectivity index (χ3n) is 3.18. The number of benzene rings is 1. The molecular formula is C14H17NO4. The minimum Gasteiger partial charge on any atom is -0.481 e. The molecule has 1 heterocycles. The predicted molar refractivity (Wildman–Crippen MR) is 69.6 cm³/mol. The first-order chi connectivity index (χ1) is 8.92. The molecule has 102 valence electrons. The van der Waals surface area contributed by atoms with Gasteiger partial charge in [-0.1, -0.05) is 18.2 Å². The second-order valence-corrected chi connectivity index (χ2v) is 5.27. The first-order valence-electron chi connectivity index (χ1n) is 6.19. The summed E-state index contributed by atoms with van der Waals surface area (Å²) in [5.41, 5.74) is 0.545. The van der Waals surface area contributed by atoms with Gasteiger partial charge in [-0.15, -0.1) is 0 Å². The maximum atomic E-state index is 11.7. The zero-order chi connectivity index (χ0) is 14.0. The van der Waals surface area contributed by atoms with Crippen molar-refractivity contribution in [2.24, 2.45) is 5.41 Å². The van der Waals surface area contributed by atoms with Crippen LogP contribution in [-0.4, -0.2) is 23.6 Å². The van der Waals surface area contributed by atoms with Crippen molar-refractivity contribution in [3.63, 3.8) is 0 Å². The number of nitrogens with zero attached hydrogens (tertiary/aromatic N) is 1. The third-order valence-corrected chi connectivity index (χ3v) is 3.18. The van der Waals surface area contributed by atoms with Crippen LogP contribution in [0.25, 0.3) is 0 Å². The summed E-state index contributed by atoms with van der Waals surface area (Å²) in [6.07, 6.45) is 0.697. The van der Waals surface area contributed by atoms with Crippen LogP contribution in [0, 0.1) is 5.41 Å². The Labute approximate surface area is 111 Å². The van der Waals surface area contributed by atoms with Gasteiger partial charge in [0.2, 0.25) is 0 Å². The van der Waals surface area contributed by atoms with Gasteiger partial charge in [-0.3, -0.25) is 14.4 Å².